The summed E-state index contributed by atoms with van der Waals surface area (Å²) in [6, 6.07) is 5.04. The lowest BCUT2D eigenvalue weighted by atomic mass is 10.2. The Bertz CT molecular complexity index is 615. The molecule has 0 atom stereocenters. The summed E-state index contributed by atoms with van der Waals surface area (Å²) in [4.78, 5) is 6.49. The van der Waals surface area contributed by atoms with Crippen LogP contribution in [0.3, 0.4) is 0 Å². The van der Waals surface area contributed by atoms with Crippen molar-refractivity contribution in [3.8, 4) is 0 Å². The molecule has 2 heterocycles. The van der Waals surface area contributed by atoms with Crippen LogP contribution in [-0.2, 0) is 13.6 Å². The van der Waals surface area contributed by atoms with Crippen molar-refractivity contribution in [2.75, 3.05) is 23.3 Å². The van der Waals surface area contributed by atoms with Gasteiger partial charge in [0.1, 0.15) is 5.82 Å². The third-order valence-electron chi connectivity index (χ3n) is 4.28. The Kier molecular flexibility index (Phi) is 4.61. The third kappa shape index (κ3) is 3.40. The maximum absolute atomic E-state index is 13.7. The highest BCUT2D eigenvalue weighted by Gasteiger charge is 2.14. The minimum Gasteiger partial charge on any atom is -0.378 e. The fourth-order valence-electron chi connectivity index (χ4n) is 2.98. The van der Waals surface area contributed by atoms with E-state index in [9.17, 15) is 4.39 Å². The Morgan fingerprint density at radius 3 is 2.64 bits per heavy atom. The molecule has 0 unspecified atom stereocenters. The van der Waals surface area contributed by atoms with Crippen molar-refractivity contribution < 1.29 is 4.39 Å². The van der Waals surface area contributed by atoms with Gasteiger partial charge in [0.15, 0.2) is 0 Å². The highest BCUT2D eigenvalue weighted by molar-refractivity contribution is 5.70. The van der Waals surface area contributed by atoms with Crippen molar-refractivity contribution in [2.45, 2.75) is 32.2 Å². The number of anilines is 2. The second-order valence-electron chi connectivity index (χ2n) is 5.91. The van der Waals surface area contributed by atoms with E-state index in [-0.39, 0.29) is 5.82 Å². The second-order valence-corrected chi connectivity index (χ2v) is 5.91. The Labute approximate surface area is 131 Å². The zero-order chi connectivity index (χ0) is 15.4. The number of hydrogen-bond donors (Lipinski definition) is 1. The molecular weight excluding hydrogens is 279 g/mol. The quantitative estimate of drug-likeness (QED) is 0.937. The highest BCUT2D eigenvalue weighted by atomic mass is 19.1. The lowest BCUT2D eigenvalue weighted by molar-refractivity contribution is 0.627. The Morgan fingerprint density at radius 2 is 1.95 bits per heavy atom. The van der Waals surface area contributed by atoms with Gasteiger partial charge >= 0.3 is 0 Å². The fourth-order valence-corrected chi connectivity index (χ4v) is 2.98. The molecule has 1 saturated heterocycles. The number of nitrogens with zero attached hydrogens (tertiary/aromatic N) is 3. The Hall–Kier alpha value is -2.04. The first-order valence-corrected chi connectivity index (χ1v) is 7.97. The molecule has 0 amide bonds. The summed E-state index contributed by atoms with van der Waals surface area (Å²) in [7, 11) is 1.96. The summed E-state index contributed by atoms with van der Waals surface area (Å²) in [6.07, 6.45) is 8.60. The molecule has 0 aliphatic carbocycles. The average Bonchev–Trinajstić information content (AvgIpc) is 2.76. The van der Waals surface area contributed by atoms with Crippen molar-refractivity contribution >= 4 is 11.4 Å². The van der Waals surface area contributed by atoms with Gasteiger partial charge in [-0.05, 0) is 31.0 Å². The number of rotatable bonds is 4. The smallest absolute Gasteiger partial charge is 0.125 e. The first kappa shape index (κ1) is 14.9. The van der Waals surface area contributed by atoms with E-state index in [1.54, 1.807) is 18.5 Å². The molecular formula is C17H23FN4. The molecule has 1 N–H and O–H groups in total. The van der Waals surface area contributed by atoms with E-state index < -0.39 is 0 Å². The predicted molar refractivity (Wildman–Crippen MR) is 87.6 cm³/mol. The molecule has 1 aromatic carbocycles. The lowest BCUT2D eigenvalue weighted by Crippen LogP contribution is -2.25. The summed E-state index contributed by atoms with van der Waals surface area (Å²) in [5, 5.41) is 3.37. The first-order chi connectivity index (χ1) is 10.7. The maximum atomic E-state index is 13.7. The van der Waals surface area contributed by atoms with Crippen LogP contribution in [0.25, 0.3) is 0 Å². The standard InChI is InChI=1S/C17H23FN4/c1-21-13-19-11-15(21)12-20-16-10-14(18)6-7-17(16)22-8-4-2-3-5-9-22/h6-7,10-11,13,20H,2-5,8-9,12H2,1H3. The Balaban J connectivity index is 1.79. The number of benzene rings is 1. The molecule has 1 aromatic heterocycles. The average molecular weight is 302 g/mol. The molecule has 5 heteroatoms. The molecule has 2 aromatic rings. The van der Waals surface area contributed by atoms with Crippen LogP contribution in [0.4, 0.5) is 15.8 Å². The second kappa shape index (κ2) is 6.81. The highest BCUT2D eigenvalue weighted by Crippen LogP contribution is 2.29. The number of hydrogen-bond acceptors (Lipinski definition) is 3. The van der Waals surface area contributed by atoms with Crippen LogP contribution in [0.1, 0.15) is 31.4 Å². The van der Waals surface area contributed by atoms with Gasteiger partial charge in [-0.15, -0.1) is 0 Å². The van der Waals surface area contributed by atoms with Gasteiger partial charge in [-0.1, -0.05) is 12.8 Å². The number of imidazole rings is 1. The van der Waals surface area contributed by atoms with Gasteiger partial charge in [-0.25, -0.2) is 9.37 Å². The molecule has 0 spiro atoms. The van der Waals surface area contributed by atoms with Crippen LogP contribution in [0.5, 0.6) is 0 Å². The molecule has 22 heavy (non-hydrogen) atoms. The number of aryl methyl sites for hydroxylation is 1. The van der Waals surface area contributed by atoms with Crippen molar-refractivity contribution in [3.63, 3.8) is 0 Å². The van der Waals surface area contributed by atoms with Crippen molar-refractivity contribution in [1.82, 2.24) is 9.55 Å². The third-order valence-corrected chi connectivity index (χ3v) is 4.28. The van der Waals surface area contributed by atoms with Gasteiger partial charge in [-0.3, -0.25) is 0 Å². The zero-order valence-corrected chi connectivity index (χ0v) is 13.1. The van der Waals surface area contributed by atoms with Gasteiger partial charge in [0, 0.05) is 26.3 Å². The van der Waals surface area contributed by atoms with E-state index in [0.29, 0.717) is 6.54 Å². The summed E-state index contributed by atoms with van der Waals surface area (Å²) >= 11 is 0. The van der Waals surface area contributed by atoms with Crippen LogP contribution >= 0.6 is 0 Å². The van der Waals surface area contributed by atoms with Crippen molar-refractivity contribution in [2.24, 2.45) is 7.05 Å². The SMILES string of the molecule is Cn1cncc1CNc1cc(F)ccc1N1CCCCCC1. The van der Waals surface area contributed by atoms with Gasteiger partial charge in [0.25, 0.3) is 0 Å². The van der Waals surface area contributed by atoms with Gasteiger partial charge < -0.3 is 14.8 Å². The summed E-state index contributed by atoms with van der Waals surface area (Å²) in [5.41, 5.74) is 3.04. The number of aromatic nitrogens is 2. The molecule has 3 rings (SSSR count). The van der Waals surface area contributed by atoms with E-state index in [1.807, 2.05) is 23.9 Å². The molecule has 0 saturated carbocycles. The van der Waals surface area contributed by atoms with E-state index >= 15 is 0 Å². The molecule has 4 nitrogen and oxygen atoms in total. The van der Waals surface area contributed by atoms with E-state index in [2.05, 4.69) is 15.2 Å². The lowest BCUT2D eigenvalue weighted by Gasteiger charge is -2.26. The summed E-state index contributed by atoms with van der Waals surface area (Å²) in [5.74, 6) is -0.203. The molecule has 118 valence electrons. The zero-order valence-electron chi connectivity index (χ0n) is 13.1. The largest absolute Gasteiger partial charge is 0.378 e. The topological polar surface area (TPSA) is 33.1 Å². The van der Waals surface area contributed by atoms with Gasteiger partial charge in [0.2, 0.25) is 0 Å². The van der Waals surface area contributed by atoms with Crippen LogP contribution in [0.15, 0.2) is 30.7 Å². The van der Waals surface area contributed by atoms with E-state index in [4.69, 9.17) is 0 Å². The van der Waals surface area contributed by atoms with Gasteiger partial charge in [-0.2, -0.15) is 0 Å². The van der Waals surface area contributed by atoms with Crippen LogP contribution in [-0.4, -0.2) is 22.6 Å². The molecule has 1 aliphatic heterocycles. The fraction of sp³-hybridized carbons (Fsp3) is 0.471. The molecule has 1 aliphatic rings. The molecule has 0 bridgehead atoms. The number of nitrogens with one attached hydrogen (secondary N) is 1. The van der Waals surface area contributed by atoms with Gasteiger partial charge in [0.05, 0.1) is 29.9 Å². The minimum absolute atomic E-state index is 0.203. The Morgan fingerprint density at radius 1 is 1.18 bits per heavy atom. The van der Waals surface area contributed by atoms with Crippen molar-refractivity contribution in [1.29, 1.82) is 0 Å². The predicted octanol–water partition coefficient (Wildman–Crippen LogP) is 3.55. The van der Waals surface area contributed by atoms with Crippen LogP contribution in [0, 0.1) is 5.82 Å². The van der Waals surface area contributed by atoms with Crippen molar-refractivity contribution in [3.05, 3.63) is 42.2 Å². The molecule has 1 fully saturated rings. The molecule has 0 radical (unpaired) electrons. The number of halogens is 1. The maximum Gasteiger partial charge on any atom is 0.125 e. The normalized spacial score (nSPS) is 15.6. The monoisotopic (exact) mass is 302 g/mol. The van der Waals surface area contributed by atoms with E-state index in [0.717, 1.165) is 30.2 Å². The van der Waals surface area contributed by atoms with E-state index in [1.165, 1.54) is 25.7 Å². The minimum atomic E-state index is -0.203. The van der Waals surface area contributed by atoms with Crippen LogP contribution in [0.2, 0.25) is 0 Å². The first-order valence-electron chi connectivity index (χ1n) is 7.97. The summed E-state index contributed by atoms with van der Waals surface area (Å²) < 4.78 is 15.6. The van der Waals surface area contributed by atoms with Crippen LogP contribution < -0.4 is 10.2 Å². The summed E-state index contributed by atoms with van der Waals surface area (Å²) in [6.45, 7) is 2.73.